The maximum absolute atomic E-state index is 8.95. The molecular formula is C14H19N3. The molecule has 2 rings (SSSR count). The van der Waals surface area contributed by atoms with Gasteiger partial charge in [-0.25, -0.2) is 0 Å². The van der Waals surface area contributed by atoms with Gasteiger partial charge in [0.25, 0.3) is 0 Å². The van der Waals surface area contributed by atoms with Gasteiger partial charge in [0, 0.05) is 12.1 Å². The zero-order valence-electron chi connectivity index (χ0n) is 10.3. The number of hydrogen-bond donors (Lipinski definition) is 1. The van der Waals surface area contributed by atoms with Crippen molar-refractivity contribution in [1.29, 1.82) is 5.26 Å². The van der Waals surface area contributed by atoms with E-state index in [9.17, 15) is 0 Å². The van der Waals surface area contributed by atoms with Crippen LogP contribution in [-0.4, -0.2) is 24.0 Å². The molecule has 0 aliphatic carbocycles. The number of piperidine rings is 1. The van der Waals surface area contributed by atoms with Gasteiger partial charge < -0.3 is 5.73 Å². The lowest BCUT2D eigenvalue weighted by Crippen LogP contribution is -2.45. The first-order chi connectivity index (χ1) is 8.26. The number of nitrogens with zero attached hydrogens (tertiary/aromatic N) is 2. The zero-order chi connectivity index (χ0) is 12.3. The van der Waals surface area contributed by atoms with E-state index in [0.717, 1.165) is 25.1 Å². The van der Waals surface area contributed by atoms with E-state index in [0.29, 0.717) is 0 Å². The Bertz CT molecular complexity index is 422. The van der Waals surface area contributed by atoms with Crippen molar-refractivity contribution < 1.29 is 0 Å². The summed E-state index contributed by atoms with van der Waals surface area (Å²) in [6, 6.07) is 10.5. The van der Waals surface area contributed by atoms with Crippen LogP contribution in [0, 0.1) is 11.3 Å². The molecular weight excluding hydrogens is 210 g/mol. The van der Waals surface area contributed by atoms with Crippen LogP contribution in [0.4, 0.5) is 0 Å². The molecule has 1 saturated heterocycles. The second-order valence-corrected chi connectivity index (χ2v) is 4.62. The number of benzene rings is 1. The molecule has 3 nitrogen and oxygen atoms in total. The van der Waals surface area contributed by atoms with E-state index >= 15 is 0 Å². The minimum absolute atomic E-state index is 0.178. The average molecular weight is 229 g/mol. The third-order valence-corrected chi connectivity index (χ3v) is 3.55. The number of likely N-dealkylation sites (tertiary alicyclic amines) is 1. The maximum atomic E-state index is 8.95. The summed E-state index contributed by atoms with van der Waals surface area (Å²) in [5.41, 5.74) is 8.14. The van der Waals surface area contributed by atoms with Crippen LogP contribution in [0.25, 0.3) is 0 Å². The van der Waals surface area contributed by atoms with Crippen molar-refractivity contribution in [2.45, 2.75) is 31.8 Å². The molecule has 2 atom stereocenters. The zero-order valence-corrected chi connectivity index (χ0v) is 10.3. The molecule has 1 aromatic rings. The largest absolute Gasteiger partial charge is 0.326 e. The van der Waals surface area contributed by atoms with E-state index in [2.05, 4.69) is 24.0 Å². The quantitative estimate of drug-likeness (QED) is 0.844. The van der Waals surface area contributed by atoms with Crippen molar-refractivity contribution in [1.82, 2.24) is 4.90 Å². The van der Waals surface area contributed by atoms with Crippen molar-refractivity contribution in [3.8, 4) is 6.07 Å². The van der Waals surface area contributed by atoms with Crippen LogP contribution in [-0.2, 0) is 0 Å². The fourth-order valence-corrected chi connectivity index (χ4v) is 2.70. The highest BCUT2D eigenvalue weighted by Crippen LogP contribution is 2.30. The van der Waals surface area contributed by atoms with Crippen LogP contribution in [0.5, 0.6) is 0 Å². The summed E-state index contributed by atoms with van der Waals surface area (Å²) in [7, 11) is 0. The van der Waals surface area contributed by atoms with Crippen molar-refractivity contribution >= 4 is 0 Å². The van der Waals surface area contributed by atoms with Crippen LogP contribution in [0.15, 0.2) is 24.3 Å². The molecule has 1 aliphatic heterocycles. The molecule has 1 heterocycles. The van der Waals surface area contributed by atoms with Gasteiger partial charge in [-0.2, -0.15) is 5.26 Å². The van der Waals surface area contributed by atoms with Gasteiger partial charge in [0.15, 0.2) is 0 Å². The van der Waals surface area contributed by atoms with Crippen LogP contribution in [0.3, 0.4) is 0 Å². The Morgan fingerprint density at radius 2 is 2.35 bits per heavy atom. The third kappa shape index (κ3) is 2.49. The molecule has 90 valence electrons. The van der Waals surface area contributed by atoms with Crippen molar-refractivity contribution in [3.05, 3.63) is 35.4 Å². The average Bonchev–Trinajstić information content (AvgIpc) is 2.38. The lowest BCUT2D eigenvalue weighted by Gasteiger charge is -2.39. The SMILES string of the molecule is CCN1CCCC(N)C1c1cccc(C#N)c1. The van der Waals surface area contributed by atoms with E-state index in [4.69, 9.17) is 11.0 Å². The molecule has 2 N–H and O–H groups in total. The maximum Gasteiger partial charge on any atom is 0.0991 e. The van der Waals surface area contributed by atoms with Gasteiger partial charge >= 0.3 is 0 Å². The number of hydrogen-bond acceptors (Lipinski definition) is 3. The minimum Gasteiger partial charge on any atom is -0.326 e. The monoisotopic (exact) mass is 229 g/mol. The molecule has 0 spiro atoms. The number of nitriles is 1. The number of rotatable bonds is 2. The number of likely N-dealkylation sites (N-methyl/N-ethyl adjacent to an activating group) is 1. The highest BCUT2D eigenvalue weighted by atomic mass is 15.2. The fraction of sp³-hybridized carbons (Fsp3) is 0.500. The van der Waals surface area contributed by atoms with E-state index in [-0.39, 0.29) is 12.1 Å². The molecule has 0 saturated carbocycles. The summed E-state index contributed by atoms with van der Waals surface area (Å²) >= 11 is 0. The van der Waals surface area contributed by atoms with Gasteiger partial charge in [-0.05, 0) is 43.6 Å². The van der Waals surface area contributed by atoms with E-state index in [1.807, 2.05) is 18.2 Å². The first-order valence-electron chi connectivity index (χ1n) is 6.26. The van der Waals surface area contributed by atoms with E-state index in [1.54, 1.807) is 0 Å². The molecule has 1 aromatic carbocycles. The van der Waals surface area contributed by atoms with E-state index < -0.39 is 0 Å². The standard InChI is InChI=1S/C14H19N3/c1-2-17-8-4-7-13(16)14(17)12-6-3-5-11(9-12)10-15/h3,5-6,9,13-14H,2,4,7-8,16H2,1H3. The Morgan fingerprint density at radius 3 is 3.06 bits per heavy atom. The highest BCUT2D eigenvalue weighted by molar-refractivity contribution is 5.35. The van der Waals surface area contributed by atoms with Gasteiger partial charge in [0.2, 0.25) is 0 Å². The molecule has 3 heteroatoms. The second-order valence-electron chi connectivity index (χ2n) is 4.62. The van der Waals surface area contributed by atoms with Crippen molar-refractivity contribution in [2.75, 3.05) is 13.1 Å². The molecule has 17 heavy (non-hydrogen) atoms. The van der Waals surface area contributed by atoms with Crippen molar-refractivity contribution in [3.63, 3.8) is 0 Å². The van der Waals surface area contributed by atoms with Gasteiger partial charge in [0.05, 0.1) is 11.6 Å². The number of nitrogens with two attached hydrogens (primary N) is 1. The summed E-state index contributed by atoms with van der Waals surface area (Å²) in [5.74, 6) is 0. The van der Waals surface area contributed by atoms with Crippen LogP contribution < -0.4 is 5.73 Å². The molecule has 1 aliphatic rings. The molecule has 0 aromatic heterocycles. The Labute approximate surface area is 103 Å². The van der Waals surface area contributed by atoms with Gasteiger partial charge in [-0.15, -0.1) is 0 Å². The van der Waals surface area contributed by atoms with Crippen LogP contribution >= 0.6 is 0 Å². The Balaban J connectivity index is 2.31. The van der Waals surface area contributed by atoms with E-state index in [1.165, 1.54) is 12.0 Å². The third-order valence-electron chi connectivity index (χ3n) is 3.55. The highest BCUT2D eigenvalue weighted by Gasteiger charge is 2.29. The van der Waals surface area contributed by atoms with Crippen LogP contribution in [0.1, 0.15) is 36.9 Å². The topological polar surface area (TPSA) is 53.0 Å². The molecule has 2 unspecified atom stereocenters. The van der Waals surface area contributed by atoms with Gasteiger partial charge in [-0.3, -0.25) is 4.90 Å². The normalized spacial score (nSPS) is 25.5. The Hall–Kier alpha value is -1.37. The minimum atomic E-state index is 0.178. The van der Waals surface area contributed by atoms with Crippen molar-refractivity contribution in [2.24, 2.45) is 5.73 Å². The lowest BCUT2D eigenvalue weighted by molar-refractivity contribution is 0.136. The summed E-state index contributed by atoms with van der Waals surface area (Å²) in [6.45, 7) is 4.28. The predicted octanol–water partition coefficient (Wildman–Crippen LogP) is 2.04. The summed E-state index contributed by atoms with van der Waals surface area (Å²) in [6.07, 6.45) is 2.24. The summed E-state index contributed by atoms with van der Waals surface area (Å²) < 4.78 is 0. The summed E-state index contributed by atoms with van der Waals surface area (Å²) in [5, 5.41) is 8.95. The van der Waals surface area contributed by atoms with Gasteiger partial charge in [-0.1, -0.05) is 19.1 Å². The molecule has 0 radical (unpaired) electrons. The Kier molecular flexibility index (Phi) is 3.78. The molecule has 0 amide bonds. The smallest absolute Gasteiger partial charge is 0.0991 e. The first-order valence-corrected chi connectivity index (χ1v) is 6.26. The second kappa shape index (κ2) is 5.31. The first kappa shape index (κ1) is 12.1. The molecule has 1 fully saturated rings. The van der Waals surface area contributed by atoms with Gasteiger partial charge in [0.1, 0.15) is 0 Å². The molecule has 0 bridgehead atoms. The lowest BCUT2D eigenvalue weighted by atomic mass is 9.90. The predicted molar refractivity (Wildman–Crippen MR) is 68.4 cm³/mol. The summed E-state index contributed by atoms with van der Waals surface area (Å²) in [4.78, 5) is 2.41. The Morgan fingerprint density at radius 1 is 1.53 bits per heavy atom. The van der Waals surface area contributed by atoms with Crippen LogP contribution in [0.2, 0.25) is 0 Å². The fourth-order valence-electron chi connectivity index (χ4n) is 2.70.